The molecule has 0 aliphatic carbocycles. The molecule has 0 fully saturated rings. The molecule has 0 aromatic heterocycles. The van der Waals surface area contributed by atoms with Gasteiger partial charge >= 0.3 is 25.7 Å². The van der Waals surface area contributed by atoms with Crippen molar-refractivity contribution in [1.29, 1.82) is 0 Å². The maximum atomic E-state index is 12.6. The van der Waals surface area contributed by atoms with Crippen LogP contribution < -0.4 is 5.73 Å². The van der Waals surface area contributed by atoms with E-state index >= 15 is 0 Å². The van der Waals surface area contributed by atoms with Crippen molar-refractivity contribution in [3.8, 4) is 0 Å². The first-order chi connectivity index (χ1) is 29.5. The highest BCUT2D eigenvalue weighted by Gasteiger charge is 2.28. The van der Waals surface area contributed by atoms with E-state index in [1.807, 2.05) is 55.5 Å². The van der Waals surface area contributed by atoms with Crippen molar-refractivity contribution in [1.82, 2.24) is 0 Å². The number of carbonyl (C=O) groups is 3. The number of allylic oxidation sites excluding steroid dienone is 21. The van der Waals surface area contributed by atoms with E-state index in [0.29, 0.717) is 32.1 Å². The molecule has 340 valence electrons. The number of phosphoric acid groups is 1. The minimum atomic E-state index is -4.77. The van der Waals surface area contributed by atoms with Crippen molar-refractivity contribution in [2.24, 2.45) is 5.73 Å². The number of aliphatic hydroxyl groups is 1. The lowest BCUT2D eigenvalue weighted by molar-refractivity contribution is -0.161. The molecule has 0 radical (unpaired) electrons. The van der Waals surface area contributed by atoms with Crippen molar-refractivity contribution in [3.63, 3.8) is 0 Å². The molecular weight excluding hydrogens is 797 g/mol. The van der Waals surface area contributed by atoms with Crippen LogP contribution in [0.15, 0.2) is 134 Å². The van der Waals surface area contributed by atoms with Gasteiger partial charge in [-0.05, 0) is 83.5 Å². The second kappa shape index (κ2) is 41.0. The Bertz CT molecular complexity index is 1550. The SMILES string of the molecule is CC/C=C\C/C=C\C/C=C\C/C=C\C/C=C\C/C=C\CCC(=O)O[C@H](COC(=O)CCC/C=C\C/C=C\C/C=C\C/C=C\C=C\[C@@H](O)CC)COP(=O)(O)OC[C@H](N)C(=O)O. The number of aliphatic carboxylic acids is 1. The van der Waals surface area contributed by atoms with Crippen molar-refractivity contribution in [3.05, 3.63) is 134 Å². The number of hydrogen-bond acceptors (Lipinski definition) is 10. The fraction of sp³-hybridized carbons (Fsp3) is 0.479. The smallest absolute Gasteiger partial charge is 0.472 e. The standard InChI is InChI=1S/C48H72NO11P/c1-3-5-6-7-8-9-10-11-12-13-14-15-16-21-24-27-30-33-36-39-47(52)60-44(41-58-61(55,56)59-42-45(49)48(53)54)40-57-46(51)38-35-32-29-26-23-20-18-17-19-22-25-28-31-34-37-43(50)4-2/h5-6,8-9,11-12,14-15,18-22,24,26,28-31,33-34,37,43-45,50H,3-4,7,10,13,16-17,23,25,27,32,35-36,38-42,49H2,1-2H3,(H,53,54)(H,55,56)/b6-5-,9-8-,12-11-,15-14-,20-18-,22-19-,24-21-,29-26-,31-28-,33-30-,37-34+/t43-,44+,45-/m0/s1. The highest BCUT2D eigenvalue weighted by Crippen LogP contribution is 2.43. The zero-order valence-corrected chi connectivity index (χ0v) is 37.2. The summed E-state index contributed by atoms with van der Waals surface area (Å²) in [6.07, 6.45) is 53.5. The predicted molar refractivity (Wildman–Crippen MR) is 245 cm³/mol. The minimum absolute atomic E-state index is 0.00742. The number of nitrogens with two attached hydrogens (primary N) is 1. The summed E-state index contributed by atoms with van der Waals surface area (Å²) in [5.41, 5.74) is 5.32. The summed E-state index contributed by atoms with van der Waals surface area (Å²) in [6.45, 7) is 2.18. The van der Waals surface area contributed by atoms with Gasteiger partial charge < -0.3 is 30.3 Å². The summed E-state index contributed by atoms with van der Waals surface area (Å²) in [4.78, 5) is 45.9. The van der Waals surface area contributed by atoms with Gasteiger partial charge in [0.1, 0.15) is 12.6 Å². The first-order valence-corrected chi connectivity index (χ1v) is 22.8. The highest BCUT2D eigenvalue weighted by atomic mass is 31.2. The Morgan fingerprint density at radius 2 is 1.05 bits per heavy atom. The van der Waals surface area contributed by atoms with E-state index in [4.69, 9.17) is 24.8 Å². The van der Waals surface area contributed by atoms with E-state index in [0.717, 1.165) is 51.4 Å². The molecule has 0 heterocycles. The van der Waals surface area contributed by atoms with E-state index in [1.54, 1.807) is 6.08 Å². The van der Waals surface area contributed by atoms with Gasteiger partial charge in [-0.3, -0.25) is 23.4 Å². The Labute approximate surface area is 365 Å². The number of unbranched alkanes of at least 4 members (excludes halogenated alkanes) is 1. The Morgan fingerprint density at radius 1 is 0.590 bits per heavy atom. The molecule has 0 aliphatic heterocycles. The molecule has 0 aliphatic rings. The van der Waals surface area contributed by atoms with Crippen molar-refractivity contribution >= 4 is 25.7 Å². The third-order valence-corrected chi connectivity index (χ3v) is 9.02. The second-order valence-corrected chi connectivity index (χ2v) is 15.0. The van der Waals surface area contributed by atoms with Crippen molar-refractivity contribution < 1.29 is 52.6 Å². The van der Waals surface area contributed by atoms with Crippen LogP contribution in [0.2, 0.25) is 0 Å². The fourth-order valence-corrected chi connectivity index (χ4v) is 5.38. The Kier molecular flexibility index (Phi) is 38.0. The van der Waals surface area contributed by atoms with Gasteiger partial charge in [0.15, 0.2) is 6.10 Å². The number of aliphatic hydroxyl groups excluding tert-OH is 1. The highest BCUT2D eigenvalue weighted by molar-refractivity contribution is 7.47. The maximum Gasteiger partial charge on any atom is 0.472 e. The molecule has 4 atom stereocenters. The first-order valence-electron chi connectivity index (χ1n) is 21.3. The Morgan fingerprint density at radius 3 is 1.54 bits per heavy atom. The number of carboxylic acids is 1. The van der Waals surface area contributed by atoms with Crippen LogP contribution in [0.3, 0.4) is 0 Å². The molecule has 13 heteroatoms. The van der Waals surface area contributed by atoms with E-state index in [2.05, 4.69) is 90.4 Å². The van der Waals surface area contributed by atoms with E-state index in [1.165, 1.54) is 0 Å². The average molecular weight is 870 g/mol. The molecule has 12 nitrogen and oxygen atoms in total. The lowest BCUT2D eigenvalue weighted by Gasteiger charge is -2.20. The summed E-state index contributed by atoms with van der Waals surface area (Å²) in [5, 5.41) is 18.4. The molecule has 5 N–H and O–H groups in total. The topological polar surface area (TPSA) is 192 Å². The van der Waals surface area contributed by atoms with Crippen LogP contribution in [0.25, 0.3) is 0 Å². The van der Waals surface area contributed by atoms with Crippen LogP contribution in [0, 0.1) is 0 Å². The molecular formula is C48H72NO11P. The molecule has 0 bridgehead atoms. The summed E-state index contributed by atoms with van der Waals surface area (Å²) >= 11 is 0. The van der Waals surface area contributed by atoms with Gasteiger partial charge in [-0.2, -0.15) is 0 Å². The summed E-state index contributed by atoms with van der Waals surface area (Å²) in [6, 6.07) is -1.55. The molecule has 0 aromatic carbocycles. The predicted octanol–water partition coefficient (Wildman–Crippen LogP) is 10.4. The van der Waals surface area contributed by atoms with Gasteiger partial charge in [0.25, 0.3) is 0 Å². The van der Waals surface area contributed by atoms with Gasteiger partial charge in [-0.1, -0.05) is 148 Å². The largest absolute Gasteiger partial charge is 0.480 e. The van der Waals surface area contributed by atoms with Crippen LogP contribution in [0.1, 0.15) is 110 Å². The average Bonchev–Trinajstić information content (AvgIpc) is 3.24. The number of carbonyl (C=O) groups excluding carboxylic acids is 2. The first kappa shape index (κ1) is 56.6. The number of rotatable bonds is 37. The molecule has 0 amide bonds. The molecule has 1 unspecified atom stereocenters. The molecule has 0 spiro atoms. The van der Waals surface area contributed by atoms with Crippen molar-refractivity contribution in [2.75, 3.05) is 19.8 Å². The summed E-state index contributed by atoms with van der Waals surface area (Å²) < 4.78 is 32.5. The van der Waals surface area contributed by atoms with E-state index in [9.17, 15) is 28.9 Å². The van der Waals surface area contributed by atoms with E-state index < -0.39 is 63.8 Å². The van der Waals surface area contributed by atoms with Crippen LogP contribution in [0.4, 0.5) is 0 Å². The molecule has 0 saturated heterocycles. The van der Waals surface area contributed by atoms with Crippen LogP contribution in [-0.4, -0.2) is 71.1 Å². The van der Waals surface area contributed by atoms with Crippen molar-refractivity contribution in [2.45, 2.75) is 128 Å². The van der Waals surface area contributed by atoms with Gasteiger partial charge in [0, 0.05) is 12.8 Å². The quantitative estimate of drug-likeness (QED) is 0.0152. The Hall–Kier alpha value is -4.42. The fourth-order valence-electron chi connectivity index (χ4n) is 4.60. The number of ether oxygens (including phenoxy) is 2. The lowest BCUT2D eigenvalue weighted by Crippen LogP contribution is -2.34. The Balaban J connectivity index is 4.64. The van der Waals surface area contributed by atoms with Crippen LogP contribution in [-0.2, 0) is 37.5 Å². The third kappa shape index (κ3) is 40.7. The number of phosphoric ester groups is 1. The molecule has 0 rings (SSSR count). The minimum Gasteiger partial charge on any atom is -0.480 e. The summed E-state index contributed by atoms with van der Waals surface area (Å²) in [7, 11) is -4.77. The van der Waals surface area contributed by atoms with Crippen LogP contribution in [0.5, 0.6) is 0 Å². The number of esters is 2. The van der Waals surface area contributed by atoms with Gasteiger partial charge in [0.05, 0.1) is 19.3 Å². The van der Waals surface area contributed by atoms with Gasteiger partial charge in [-0.15, -0.1) is 0 Å². The molecule has 0 aromatic rings. The number of hydrogen-bond donors (Lipinski definition) is 4. The monoisotopic (exact) mass is 869 g/mol. The van der Waals surface area contributed by atoms with Gasteiger partial charge in [-0.25, -0.2) is 4.57 Å². The summed E-state index contributed by atoms with van der Waals surface area (Å²) in [5.74, 6) is -2.61. The molecule has 0 saturated carbocycles. The zero-order valence-electron chi connectivity index (χ0n) is 36.3. The normalized spacial score (nSPS) is 15.5. The van der Waals surface area contributed by atoms with Gasteiger partial charge in [0.2, 0.25) is 0 Å². The third-order valence-electron chi connectivity index (χ3n) is 8.06. The maximum absolute atomic E-state index is 12.6. The number of carboxylic acid groups (broad SMARTS) is 1. The molecule has 61 heavy (non-hydrogen) atoms. The second-order valence-electron chi connectivity index (χ2n) is 13.6. The lowest BCUT2D eigenvalue weighted by atomic mass is 10.2. The zero-order chi connectivity index (χ0) is 45.1. The van der Waals surface area contributed by atoms with E-state index in [-0.39, 0.29) is 12.8 Å². The van der Waals surface area contributed by atoms with Crippen LogP contribution >= 0.6 is 7.82 Å².